The Morgan fingerprint density at radius 1 is 1.14 bits per heavy atom. The highest BCUT2D eigenvalue weighted by Crippen LogP contribution is 2.77. The van der Waals surface area contributed by atoms with Crippen LogP contribution in [0.15, 0.2) is 52.2 Å². The van der Waals surface area contributed by atoms with E-state index in [2.05, 4.69) is 4.98 Å². The predicted molar refractivity (Wildman–Crippen MR) is 136 cm³/mol. The van der Waals surface area contributed by atoms with Crippen molar-refractivity contribution in [1.82, 2.24) is 9.55 Å². The van der Waals surface area contributed by atoms with E-state index >= 15 is 4.39 Å². The number of halogens is 1. The molecule has 1 aromatic heterocycles. The Morgan fingerprint density at radius 3 is 2.56 bits per heavy atom. The smallest absolute Gasteiger partial charge is 0.426 e. The second kappa shape index (κ2) is 11.2. The average Bonchev–Trinajstić information content (AvgIpc) is 3.21. The van der Waals surface area contributed by atoms with Crippen molar-refractivity contribution < 1.29 is 60.5 Å². The van der Waals surface area contributed by atoms with E-state index in [0.717, 1.165) is 16.8 Å². The third-order valence-electron chi connectivity index (χ3n) is 7.71. The van der Waals surface area contributed by atoms with Crippen LogP contribution in [0.3, 0.4) is 0 Å². The zero-order chi connectivity index (χ0) is 30.5. The molecule has 7 atom stereocenters. The van der Waals surface area contributed by atoms with E-state index in [0.29, 0.717) is 5.56 Å². The van der Waals surface area contributed by atoms with Gasteiger partial charge in [-0.3, -0.25) is 23.4 Å². The first-order chi connectivity index (χ1) is 20.6. The second-order valence-electron chi connectivity index (χ2n) is 10.2. The van der Waals surface area contributed by atoms with E-state index in [4.69, 9.17) is 46.7 Å². The molecular formula is C25H28FN2O14P. The molecule has 0 radical (unpaired) electrons. The Hall–Kier alpha value is -2.99. The Labute approximate surface area is 242 Å². The molecule has 3 unspecified atom stereocenters. The van der Waals surface area contributed by atoms with Gasteiger partial charge in [-0.2, -0.15) is 0 Å². The lowest BCUT2D eigenvalue weighted by Gasteiger charge is -2.33. The number of H-pyrrole nitrogens is 1. The van der Waals surface area contributed by atoms with Gasteiger partial charge in [-0.1, -0.05) is 30.3 Å². The molecular weight excluding hydrogens is 602 g/mol. The number of aromatic amines is 1. The second-order valence-corrected chi connectivity index (χ2v) is 11.8. The number of nitrogens with one attached hydrogen (secondary N) is 1. The van der Waals surface area contributed by atoms with Gasteiger partial charge in [0.2, 0.25) is 6.79 Å². The zero-order valence-electron chi connectivity index (χ0n) is 22.9. The minimum Gasteiger partial charge on any atom is -0.426 e. The molecule has 4 fully saturated rings. The van der Waals surface area contributed by atoms with Crippen molar-refractivity contribution in [2.45, 2.75) is 55.2 Å². The number of nitrogens with zero attached hydrogens (tertiary/aromatic N) is 1. The lowest BCUT2D eigenvalue weighted by Crippen LogP contribution is -2.49. The number of ether oxygens (including phenoxy) is 7. The fourth-order valence-electron chi connectivity index (χ4n) is 5.51. The molecule has 43 heavy (non-hydrogen) atoms. The highest BCUT2D eigenvalue weighted by atomic mass is 31.2. The minimum absolute atomic E-state index is 0.211. The molecule has 3 aliphatic heterocycles. The number of aromatic nitrogens is 2. The third-order valence-corrected chi connectivity index (χ3v) is 9.05. The van der Waals surface area contributed by atoms with Crippen molar-refractivity contribution in [3.63, 3.8) is 0 Å². The summed E-state index contributed by atoms with van der Waals surface area (Å²) in [7, 11) is -3.42. The molecule has 1 N–H and O–H groups in total. The van der Waals surface area contributed by atoms with Crippen LogP contribution in [0, 0.1) is 0 Å². The standard InChI is InChI=1S/C25H28FN2O14P/c1-23-19(28-9-8-17(29)27-20(28)30)39-24(13-26)18(25(23,24)41-22(33-2)40-23)42-43(32,36-10-15-6-4-3-5-7-15)37-14-35-21(31)38-16-11-34-12-16/h3-9,16,18-19,22H,10-14H2,1-2H3,(H,27,29,30)/t18?,19-,22?,23+,24-,25+,43?/m1/s1. The number of alkyl halides is 1. The van der Waals surface area contributed by atoms with E-state index in [1.54, 1.807) is 30.3 Å². The van der Waals surface area contributed by atoms with E-state index in [1.165, 1.54) is 14.0 Å². The number of carbonyl (C=O) groups is 1. The summed E-state index contributed by atoms with van der Waals surface area (Å²) in [5, 5.41) is 0. The highest BCUT2D eigenvalue weighted by molar-refractivity contribution is 7.48. The van der Waals surface area contributed by atoms with E-state index in [1.807, 2.05) is 0 Å². The van der Waals surface area contributed by atoms with Gasteiger partial charge < -0.3 is 33.2 Å². The van der Waals surface area contributed by atoms with Gasteiger partial charge in [-0.05, 0) is 12.5 Å². The number of phosphoric ester groups is 1. The number of phosphoric acid groups is 1. The van der Waals surface area contributed by atoms with Crippen LogP contribution in [0.5, 0.6) is 0 Å². The highest BCUT2D eigenvalue weighted by Gasteiger charge is 2.98. The summed E-state index contributed by atoms with van der Waals surface area (Å²) >= 11 is 0. The molecule has 1 saturated carbocycles. The first kappa shape index (κ1) is 30.1. The van der Waals surface area contributed by atoms with Gasteiger partial charge in [0.25, 0.3) is 12.0 Å². The molecule has 0 bridgehead atoms. The van der Waals surface area contributed by atoms with Crippen LogP contribution in [0.2, 0.25) is 0 Å². The molecule has 18 heteroatoms. The Morgan fingerprint density at radius 2 is 1.91 bits per heavy atom. The maximum absolute atomic E-state index is 15.0. The number of benzene rings is 1. The molecule has 1 aromatic carbocycles. The summed E-state index contributed by atoms with van der Waals surface area (Å²) in [4.78, 5) is 38.4. The summed E-state index contributed by atoms with van der Waals surface area (Å²) in [6, 6.07) is 9.68. The summed E-state index contributed by atoms with van der Waals surface area (Å²) < 4.78 is 84.6. The Kier molecular flexibility index (Phi) is 7.81. The molecule has 234 valence electrons. The van der Waals surface area contributed by atoms with Crippen LogP contribution in [-0.4, -0.2) is 85.0 Å². The quantitative estimate of drug-likeness (QED) is 0.202. The average molecular weight is 630 g/mol. The lowest BCUT2D eigenvalue weighted by atomic mass is 9.94. The van der Waals surface area contributed by atoms with Gasteiger partial charge in [0.05, 0.1) is 19.8 Å². The number of hydrogen-bond acceptors (Lipinski definition) is 14. The third kappa shape index (κ3) is 4.94. The van der Waals surface area contributed by atoms with Crippen LogP contribution >= 0.6 is 7.82 Å². The van der Waals surface area contributed by atoms with Gasteiger partial charge in [0.15, 0.2) is 29.1 Å². The van der Waals surface area contributed by atoms with E-state index < -0.39 is 80.4 Å². The molecule has 6 rings (SSSR count). The summed E-state index contributed by atoms with van der Waals surface area (Å²) in [5.41, 5.74) is -6.45. The number of rotatable bonds is 12. The Bertz CT molecular complexity index is 1520. The van der Waals surface area contributed by atoms with Crippen LogP contribution < -0.4 is 11.2 Å². The summed E-state index contributed by atoms with van der Waals surface area (Å²) in [5.74, 6) is 0. The predicted octanol–water partition coefficient (Wildman–Crippen LogP) is 1.50. The van der Waals surface area contributed by atoms with Gasteiger partial charge in [0.1, 0.15) is 12.8 Å². The fourth-order valence-corrected chi connectivity index (χ4v) is 6.77. The number of hydrogen-bond donors (Lipinski definition) is 1. The first-order valence-corrected chi connectivity index (χ1v) is 14.5. The molecule has 3 saturated heterocycles. The van der Waals surface area contributed by atoms with Gasteiger partial charge >= 0.3 is 19.7 Å². The van der Waals surface area contributed by atoms with Crippen LogP contribution in [-0.2, 0) is 57.9 Å². The monoisotopic (exact) mass is 630 g/mol. The molecule has 4 aliphatic rings. The van der Waals surface area contributed by atoms with Crippen molar-refractivity contribution in [3.8, 4) is 0 Å². The molecule has 1 aliphatic carbocycles. The Balaban J connectivity index is 1.26. The molecule has 2 aromatic rings. The van der Waals surface area contributed by atoms with Crippen molar-refractivity contribution >= 4 is 14.0 Å². The van der Waals surface area contributed by atoms with E-state index in [9.17, 15) is 18.9 Å². The molecule has 0 amide bonds. The van der Waals surface area contributed by atoms with Crippen LogP contribution in [0.1, 0.15) is 18.7 Å². The maximum atomic E-state index is 15.0. The SMILES string of the molecule is COC1O[C@]23C(OP(=O)(OCOC(=O)OC4COC4)OCc4ccccc4)[C@@]2(CF)O[C@@H](n2ccc(=O)[nH]c2=O)[C@]3(C)O1. The topological polar surface area (TPSA) is 181 Å². The van der Waals surface area contributed by atoms with Crippen molar-refractivity contribution in [3.05, 3.63) is 69.0 Å². The zero-order valence-corrected chi connectivity index (χ0v) is 23.8. The van der Waals surface area contributed by atoms with Crippen LogP contribution in [0.4, 0.5) is 9.18 Å². The van der Waals surface area contributed by atoms with Gasteiger partial charge in [-0.25, -0.2) is 23.1 Å². The molecule has 4 heterocycles. The van der Waals surface area contributed by atoms with Crippen LogP contribution in [0.25, 0.3) is 0 Å². The number of carbonyl (C=O) groups excluding carboxylic acids is 1. The van der Waals surface area contributed by atoms with Crippen molar-refractivity contribution in [2.24, 2.45) is 0 Å². The summed E-state index contributed by atoms with van der Waals surface area (Å²) in [6.45, 7) is -1.91. The largest absolute Gasteiger partial charge is 0.510 e. The van der Waals surface area contributed by atoms with Gasteiger partial charge in [0, 0.05) is 19.4 Å². The lowest BCUT2D eigenvalue weighted by molar-refractivity contribution is -0.269. The first-order valence-electron chi connectivity index (χ1n) is 13.1. The summed E-state index contributed by atoms with van der Waals surface area (Å²) in [6.07, 6.45) is -3.27. The molecule has 16 nitrogen and oxygen atoms in total. The fraction of sp³-hybridized carbons (Fsp3) is 0.560. The number of methoxy groups -OCH3 is 1. The minimum atomic E-state index is -4.69. The van der Waals surface area contributed by atoms with Crippen molar-refractivity contribution in [1.29, 1.82) is 0 Å². The maximum Gasteiger partial charge on any atom is 0.510 e. The normalized spacial score (nSPS) is 34.1. The van der Waals surface area contributed by atoms with E-state index in [-0.39, 0.29) is 19.8 Å². The van der Waals surface area contributed by atoms with Gasteiger partial charge in [-0.15, -0.1) is 0 Å². The molecule has 1 spiro atoms. The van der Waals surface area contributed by atoms with Crippen molar-refractivity contribution in [2.75, 3.05) is 33.8 Å².